The number of hydrogen-bond acceptors (Lipinski definition) is 3. The van der Waals surface area contributed by atoms with Gasteiger partial charge in [-0.2, -0.15) is 0 Å². The topological polar surface area (TPSA) is 44.5 Å². The van der Waals surface area contributed by atoms with Crippen LogP contribution in [-0.2, 0) is 6.61 Å². The molecule has 2 aromatic carbocycles. The van der Waals surface area contributed by atoms with Gasteiger partial charge in [0.25, 0.3) is 0 Å². The van der Waals surface area contributed by atoms with Crippen molar-refractivity contribution in [1.82, 2.24) is 0 Å². The first kappa shape index (κ1) is 16.7. The van der Waals surface area contributed by atoms with Crippen molar-refractivity contribution in [3.05, 3.63) is 59.7 Å². The first-order chi connectivity index (χ1) is 10.3. The van der Waals surface area contributed by atoms with Gasteiger partial charge in [-0.15, -0.1) is 12.4 Å². The summed E-state index contributed by atoms with van der Waals surface area (Å²) in [6.45, 7) is 0.533. The van der Waals surface area contributed by atoms with Gasteiger partial charge in [-0.25, -0.2) is 0 Å². The molecule has 2 N–H and O–H groups in total. The van der Waals surface area contributed by atoms with Gasteiger partial charge in [0.05, 0.1) is 7.11 Å². The smallest absolute Gasteiger partial charge is 0.161 e. The van der Waals surface area contributed by atoms with Crippen LogP contribution in [0.2, 0.25) is 0 Å². The van der Waals surface area contributed by atoms with Crippen molar-refractivity contribution >= 4 is 12.4 Å². The predicted octanol–water partition coefficient (Wildman–Crippen LogP) is 4.11. The zero-order chi connectivity index (χ0) is 14.7. The quantitative estimate of drug-likeness (QED) is 0.871. The summed E-state index contributed by atoms with van der Waals surface area (Å²) in [6, 6.07) is 16.2. The van der Waals surface area contributed by atoms with Crippen LogP contribution in [0.25, 0.3) is 0 Å². The highest BCUT2D eigenvalue weighted by Crippen LogP contribution is 2.41. The molecule has 0 bridgehead atoms. The second-order valence-electron chi connectivity index (χ2n) is 5.55. The molecular formula is C18H22ClNO2. The number of nitrogens with two attached hydrogens (primary N) is 1. The molecule has 0 aromatic heterocycles. The van der Waals surface area contributed by atoms with E-state index in [1.54, 1.807) is 7.11 Å². The van der Waals surface area contributed by atoms with E-state index in [9.17, 15) is 0 Å². The van der Waals surface area contributed by atoms with E-state index in [1.807, 2.05) is 48.5 Å². The molecule has 3 rings (SSSR count). The molecule has 0 unspecified atom stereocenters. The Kier molecular flexibility index (Phi) is 5.69. The van der Waals surface area contributed by atoms with E-state index in [4.69, 9.17) is 15.2 Å². The Balaban J connectivity index is 0.00000176. The van der Waals surface area contributed by atoms with E-state index in [1.165, 1.54) is 12.8 Å². The van der Waals surface area contributed by atoms with Gasteiger partial charge in [-0.3, -0.25) is 0 Å². The standard InChI is InChI=1S/C18H21NO2.ClH/c1-20-17-11-15(18(19)14-7-8-14)9-10-16(17)21-12-13-5-3-2-4-6-13;/h2-6,9-11,14,18H,7-8,12,19H2,1H3;1H/t18-;/m0./s1. The van der Waals surface area contributed by atoms with Crippen molar-refractivity contribution in [3.63, 3.8) is 0 Å². The van der Waals surface area contributed by atoms with Gasteiger partial charge >= 0.3 is 0 Å². The number of rotatable bonds is 6. The van der Waals surface area contributed by atoms with E-state index in [0.717, 1.165) is 22.6 Å². The van der Waals surface area contributed by atoms with Crippen LogP contribution in [0.3, 0.4) is 0 Å². The molecule has 118 valence electrons. The molecule has 0 aliphatic heterocycles. The first-order valence-corrected chi connectivity index (χ1v) is 7.38. The largest absolute Gasteiger partial charge is 0.493 e. The lowest BCUT2D eigenvalue weighted by Gasteiger charge is -2.15. The van der Waals surface area contributed by atoms with Gasteiger partial charge in [0, 0.05) is 6.04 Å². The summed E-state index contributed by atoms with van der Waals surface area (Å²) in [5.74, 6) is 2.14. The zero-order valence-electron chi connectivity index (χ0n) is 12.7. The van der Waals surface area contributed by atoms with E-state index in [-0.39, 0.29) is 18.4 Å². The predicted molar refractivity (Wildman–Crippen MR) is 90.7 cm³/mol. The van der Waals surface area contributed by atoms with Crippen molar-refractivity contribution in [2.45, 2.75) is 25.5 Å². The molecule has 4 heteroatoms. The SMILES string of the molecule is COc1cc([C@@H](N)C2CC2)ccc1OCc1ccccc1.Cl. The average Bonchev–Trinajstić information content (AvgIpc) is 3.38. The van der Waals surface area contributed by atoms with Gasteiger partial charge in [-0.05, 0) is 42.0 Å². The minimum Gasteiger partial charge on any atom is -0.493 e. The molecule has 0 heterocycles. The average molecular weight is 320 g/mol. The lowest BCUT2D eigenvalue weighted by Crippen LogP contribution is -2.12. The van der Waals surface area contributed by atoms with Crippen LogP contribution in [0.5, 0.6) is 11.5 Å². The molecule has 2 aromatic rings. The van der Waals surface area contributed by atoms with Crippen molar-refractivity contribution in [2.24, 2.45) is 11.7 Å². The zero-order valence-corrected chi connectivity index (χ0v) is 13.5. The Hall–Kier alpha value is -1.71. The molecule has 3 nitrogen and oxygen atoms in total. The second kappa shape index (κ2) is 7.52. The van der Waals surface area contributed by atoms with E-state index < -0.39 is 0 Å². The lowest BCUT2D eigenvalue weighted by atomic mass is 10.0. The number of ether oxygens (including phenoxy) is 2. The highest BCUT2D eigenvalue weighted by atomic mass is 35.5. The summed E-state index contributed by atoms with van der Waals surface area (Å²) < 4.78 is 11.3. The van der Waals surface area contributed by atoms with Crippen LogP contribution in [0.4, 0.5) is 0 Å². The van der Waals surface area contributed by atoms with Crippen LogP contribution >= 0.6 is 12.4 Å². The summed E-state index contributed by atoms with van der Waals surface area (Å²) in [5.41, 5.74) is 8.51. The third-order valence-electron chi connectivity index (χ3n) is 3.94. The van der Waals surface area contributed by atoms with Crippen molar-refractivity contribution in [3.8, 4) is 11.5 Å². The van der Waals surface area contributed by atoms with Gasteiger partial charge in [0.15, 0.2) is 11.5 Å². The minimum atomic E-state index is 0. The normalized spacial score (nSPS) is 14.8. The highest BCUT2D eigenvalue weighted by Gasteiger charge is 2.29. The Bertz CT molecular complexity index is 599. The van der Waals surface area contributed by atoms with Crippen molar-refractivity contribution < 1.29 is 9.47 Å². The Morgan fingerprint density at radius 3 is 2.45 bits per heavy atom. The van der Waals surface area contributed by atoms with Gasteiger partial charge in [0.1, 0.15) is 6.61 Å². The summed E-state index contributed by atoms with van der Waals surface area (Å²) in [6.07, 6.45) is 2.46. The monoisotopic (exact) mass is 319 g/mol. The number of methoxy groups -OCH3 is 1. The van der Waals surface area contributed by atoms with Gasteiger partial charge in [-0.1, -0.05) is 36.4 Å². The first-order valence-electron chi connectivity index (χ1n) is 7.38. The summed E-state index contributed by atoms with van der Waals surface area (Å²) in [4.78, 5) is 0. The molecule has 1 saturated carbocycles. The van der Waals surface area contributed by atoms with Crippen LogP contribution in [0.1, 0.15) is 30.0 Å². The maximum atomic E-state index is 6.24. The molecule has 1 aliphatic rings. The molecule has 0 saturated heterocycles. The maximum absolute atomic E-state index is 6.24. The summed E-state index contributed by atoms with van der Waals surface area (Å²) >= 11 is 0. The molecule has 1 fully saturated rings. The number of halogens is 1. The van der Waals surface area contributed by atoms with Crippen LogP contribution in [-0.4, -0.2) is 7.11 Å². The van der Waals surface area contributed by atoms with Crippen LogP contribution in [0, 0.1) is 5.92 Å². The third kappa shape index (κ3) is 3.93. The maximum Gasteiger partial charge on any atom is 0.161 e. The lowest BCUT2D eigenvalue weighted by molar-refractivity contribution is 0.284. The molecule has 0 amide bonds. The van der Waals surface area contributed by atoms with Crippen molar-refractivity contribution in [1.29, 1.82) is 0 Å². The number of benzene rings is 2. The Morgan fingerprint density at radius 2 is 1.82 bits per heavy atom. The third-order valence-corrected chi connectivity index (χ3v) is 3.94. The second-order valence-corrected chi connectivity index (χ2v) is 5.55. The fourth-order valence-corrected chi connectivity index (χ4v) is 2.47. The fourth-order valence-electron chi connectivity index (χ4n) is 2.47. The molecule has 1 atom stereocenters. The van der Waals surface area contributed by atoms with E-state index >= 15 is 0 Å². The number of hydrogen-bond donors (Lipinski definition) is 1. The van der Waals surface area contributed by atoms with E-state index in [2.05, 4.69) is 0 Å². The molecular weight excluding hydrogens is 298 g/mol. The van der Waals surface area contributed by atoms with Crippen LogP contribution < -0.4 is 15.2 Å². The van der Waals surface area contributed by atoms with Crippen LogP contribution in [0.15, 0.2) is 48.5 Å². The molecule has 0 radical (unpaired) electrons. The Labute approximate surface area is 137 Å². The van der Waals surface area contributed by atoms with Gasteiger partial charge < -0.3 is 15.2 Å². The summed E-state index contributed by atoms with van der Waals surface area (Å²) in [5, 5.41) is 0. The molecule has 22 heavy (non-hydrogen) atoms. The highest BCUT2D eigenvalue weighted by molar-refractivity contribution is 5.85. The minimum absolute atomic E-state index is 0. The molecule has 1 aliphatic carbocycles. The van der Waals surface area contributed by atoms with Crippen molar-refractivity contribution in [2.75, 3.05) is 7.11 Å². The molecule has 0 spiro atoms. The van der Waals surface area contributed by atoms with Gasteiger partial charge in [0.2, 0.25) is 0 Å². The summed E-state index contributed by atoms with van der Waals surface area (Å²) in [7, 11) is 1.66. The fraction of sp³-hybridized carbons (Fsp3) is 0.333. The Morgan fingerprint density at radius 1 is 1.09 bits per heavy atom. The van der Waals surface area contributed by atoms with E-state index in [0.29, 0.717) is 12.5 Å².